The first-order valence-electron chi connectivity index (χ1n) is 11.0. The summed E-state index contributed by atoms with van der Waals surface area (Å²) >= 11 is 2.18. The van der Waals surface area contributed by atoms with Gasteiger partial charge in [0.1, 0.15) is 0 Å². The topological polar surface area (TPSA) is 40.5 Å². The van der Waals surface area contributed by atoms with Gasteiger partial charge in [0.15, 0.2) is 0 Å². The van der Waals surface area contributed by atoms with Gasteiger partial charge in [0, 0.05) is 10.5 Å². The summed E-state index contributed by atoms with van der Waals surface area (Å²) in [6, 6.07) is 0. The minimum Gasteiger partial charge on any atom is -0.393 e. The molecule has 0 saturated heterocycles. The fraction of sp³-hybridized carbons (Fsp3) is 1.00. The second-order valence-electron chi connectivity index (χ2n) is 10.1. The molecule has 0 aliphatic heterocycles. The van der Waals surface area contributed by atoms with Crippen LogP contribution in [-0.2, 0) is 0 Å². The van der Waals surface area contributed by atoms with Crippen molar-refractivity contribution in [3.63, 3.8) is 0 Å². The summed E-state index contributed by atoms with van der Waals surface area (Å²) < 4.78 is 0. The molecule has 2 aliphatic carbocycles. The molecule has 0 spiro atoms. The molecule has 0 aromatic heterocycles. The monoisotopic (exact) mass is 386 g/mol. The van der Waals surface area contributed by atoms with Crippen LogP contribution < -0.4 is 0 Å². The third-order valence-corrected chi connectivity index (χ3v) is 8.78. The van der Waals surface area contributed by atoms with Crippen LogP contribution in [0.5, 0.6) is 0 Å². The Hall–Kier alpha value is 0.270. The zero-order valence-electron chi connectivity index (χ0n) is 18.8. The van der Waals surface area contributed by atoms with Gasteiger partial charge in [-0.3, -0.25) is 0 Å². The Labute approximate surface area is 167 Å². The van der Waals surface area contributed by atoms with Gasteiger partial charge in [0.05, 0.1) is 12.2 Å². The van der Waals surface area contributed by atoms with Crippen molar-refractivity contribution in [2.45, 2.75) is 111 Å². The summed E-state index contributed by atoms with van der Waals surface area (Å²) in [4.78, 5) is 0. The molecule has 0 amide bonds. The average molecular weight is 387 g/mol. The molecule has 2 fully saturated rings. The molecule has 2 aliphatic rings. The van der Waals surface area contributed by atoms with Gasteiger partial charge in [0.2, 0.25) is 0 Å². The summed E-state index contributed by atoms with van der Waals surface area (Å²) in [6.07, 6.45) is 3.91. The van der Waals surface area contributed by atoms with Gasteiger partial charge >= 0.3 is 0 Å². The number of rotatable bonds is 3. The van der Waals surface area contributed by atoms with Crippen molar-refractivity contribution in [1.82, 2.24) is 0 Å². The molecule has 0 radical (unpaired) electrons. The van der Waals surface area contributed by atoms with Crippen LogP contribution in [0.3, 0.4) is 0 Å². The van der Waals surface area contributed by atoms with Gasteiger partial charge in [-0.1, -0.05) is 62.3 Å². The highest BCUT2D eigenvalue weighted by Crippen LogP contribution is 2.48. The maximum absolute atomic E-state index is 10.6. The van der Waals surface area contributed by atoms with Gasteiger partial charge in [-0.15, -0.1) is 0 Å². The van der Waals surface area contributed by atoms with Gasteiger partial charge in [-0.2, -0.15) is 11.8 Å². The summed E-state index contributed by atoms with van der Waals surface area (Å²) in [7, 11) is 0. The van der Waals surface area contributed by atoms with Crippen LogP contribution in [0, 0.1) is 35.0 Å². The molecule has 0 bridgehead atoms. The van der Waals surface area contributed by atoms with Gasteiger partial charge in [-0.05, 0) is 60.7 Å². The molecule has 2 N–H and O–H groups in total. The maximum atomic E-state index is 10.6. The summed E-state index contributed by atoms with van der Waals surface area (Å²) in [5, 5.41) is 22.3. The fourth-order valence-corrected chi connectivity index (χ4v) is 6.81. The highest BCUT2D eigenvalue weighted by Gasteiger charge is 2.43. The predicted molar refractivity (Wildman–Crippen MR) is 117 cm³/mol. The lowest BCUT2D eigenvalue weighted by molar-refractivity contribution is -0.00328. The van der Waals surface area contributed by atoms with E-state index < -0.39 is 0 Å². The number of aliphatic hydroxyl groups is 2. The molecule has 2 saturated carbocycles. The van der Waals surface area contributed by atoms with E-state index in [9.17, 15) is 10.2 Å². The third kappa shape index (κ3) is 6.14. The first-order chi connectivity index (χ1) is 12.0. The molecular formula is C23H46O2S. The Kier molecular flexibility index (Phi) is 9.50. The Morgan fingerprint density at radius 2 is 1.27 bits per heavy atom. The molecule has 8 atom stereocenters. The molecule has 3 heteroatoms. The van der Waals surface area contributed by atoms with Gasteiger partial charge in [0.25, 0.3) is 0 Å². The lowest BCUT2D eigenvalue weighted by atomic mass is 9.68. The molecule has 2 rings (SSSR count). The standard InChI is InChI=1S/C21H40O2S.C2H6/c1-12(2)15-10-19(13(3)8-17(15)22)24-20-11-16(21(5,6)7)18(23)9-14(20)4;1-2/h12-20,22-23H,8-11H2,1-7H3;1-2H3. The number of hydrogen-bond donors (Lipinski definition) is 2. The van der Waals surface area contributed by atoms with E-state index in [0.717, 1.165) is 25.7 Å². The van der Waals surface area contributed by atoms with Crippen molar-refractivity contribution in [2.24, 2.45) is 35.0 Å². The Bertz CT molecular complexity index is 404. The van der Waals surface area contributed by atoms with Crippen LogP contribution in [0.4, 0.5) is 0 Å². The molecule has 0 heterocycles. The molecule has 26 heavy (non-hydrogen) atoms. The van der Waals surface area contributed by atoms with E-state index in [0.29, 0.717) is 40.1 Å². The largest absolute Gasteiger partial charge is 0.393 e. The number of hydrogen-bond acceptors (Lipinski definition) is 3. The quantitative estimate of drug-likeness (QED) is 0.625. The van der Waals surface area contributed by atoms with Crippen LogP contribution in [-0.4, -0.2) is 32.9 Å². The summed E-state index contributed by atoms with van der Waals surface area (Å²) in [5.74, 6) is 2.58. The van der Waals surface area contributed by atoms with E-state index in [1.807, 2.05) is 13.8 Å². The molecule has 156 valence electrons. The van der Waals surface area contributed by atoms with Crippen LogP contribution in [0.1, 0.15) is 88.0 Å². The van der Waals surface area contributed by atoms with E-state index in [1.54, 1.807) is 0 Å². The third-order valence-electron chi connectivity index (χ3n) is 6.76. The fourth-order valence-electron chi connectivity index (χ4n) is 4.95. The van der Waals surface area contributed by atoms with Crippen molar-refractivity contribution in [3.8, 4) is 0 Å². The molecular weight excluding hydrogens is 340 g/mol. The van der Waals surface area contributed by atoms with Crippen LogP contribution in [0.2, 0.25) is 0 Å². The summed E-state index contributed by atoms with van der Waals surface area (Å²) in [6.45, 7) is 20.0. The minimum absolute atomic E-state index is 0.121. The molecule has 0 aromatic rings. The number of thioether (sulfide) groups is 1. The van der Waals surface area contributed by atoms with E-state index in [1.165, 1.54) is 0 Å². The van der Waals surface area contributed by atoms with Gasteiger partial charge in [-0.25, -0.2) is 0 Å². The Balaban J connectivity index is 0.00000163. The van der Waals surface area contributed by atoms with Crippen LogP contribution in [0.25, 0.3) is 0 Å². The van der Waals surface area contributed by atoms with Crippen LogP contribution in [0.15, 0.2) is 0 Å². The minimum atomic E-state index is -0.147. The van der Waals surface area contributed by atoms with E-state index in [-0.39, 0.29) is 17.6 Å². The molecule has 0 aromatic carbocycles. The van der Waals surface area contributed by atoms with Crippen molar-refractivity contribution < 1.29 is 10.2 Å². The predicted octanol–water partition coefficient (Wildman–Crippen LogP) is 6.00. The summed E-state index contributed by atoms with van der Waals surface area (Å²) in [5.41, 5.74) is 0.174. The Morgan fingerprint density at radius 3 is 1.73 bits per heavy atom. The second kappa shape index (κ2) is 10.2. The molecule has 8 unspecified atom stereocenters. The van der Waals surface area contributed by atoms with Crippen molar-refractivity contribution in [2.75, 3.05) is 0 Å². The zero-order valence-corrected chi connectivity index (χ0v) is 19.6. The van der Waals surface area contributed by atoms with E-state index in [4.69, 9.17) is 0 Å². The smallest absolute Gasteiger partial charge is 0.0576 e. The van der Waals surface area contributed by atoms with Crippen molar-refractivity contribution in [1.29, 1.82) is 0 Å². The second-order valence-corrected chi connectivity index (χ2v) is 11.6. The van der Waals surface area contributed by atoms with Crippen molar-refractivity contribution in [3.05, 3.63) is 0 Å². The average Bonchev–Trinajstić information content (AvgIpc) is 2.52. The highest BCUT2D eigenvalue weighted by atomic mass is 32.2. The lowest BCUT2D eigenvalue weighted by Crippen LogP contribution is -2.44. The van der Waals surface area contributed by atoms with Crippen molar-refractivity contribution >= 4 is 11.8 Å². The SMILES string of the molecule is CC.CC(C)C1CC(SC2CC(C(C)(C)C)C(O)CC2C)C(C)CC1O. The highest BCUT2D eigenvalue weighted by molar-refractivity contribution is 8.00. The Morgan fingerprint density at radius 1 is 0.808 bits per heavy atom. The number of aliphatic hydroxyl groups excluding tert-OH is 2. The van der Waals surface area contributed by atoms with Crippen LogP contribution >= 0.6 is 11.8 Å². The van der Waals surface area contributed by atoms with E-state index >= 15 is 0 Å². The van der Waals surface area contributed by atoms with Gasteiger partial charge < -0.3 is 10.2 Å². The first-order valence-corrected chi connectivity index (χ1v) is 12.0. The maximum Gasteiger partial charge on any atom is 0.0576 e. The lowest BCUT2D eigenvalue weighted by Gasteiger charge is -2.46. The molecule has 2 nitrogen and oxygen atoms in total. The first kappa shape index (κ1) is 24.3. The zero-order chi connectivity index (χ0) is 20.2. The van der Waals surface area contributed by atoms with E-state index in [2.05, 4.69) is 60.2 Å². The normalized spacial score (nSPS) is 41.5.